The molecule has 1 rings (SSSR count). The topological polar surface area (TPSA) is 75.6 Å². The van der Waals surface area contributed by atoms with Gasteiger partial charge in [-0.1, -0.05) is 12.1 Å². The number of amides is 1. The molecule has 22 heavy (non-hydrogen) atoms. The predicted octanol–water partition coefficient (Wildman–Crippen LogP) is 2.93. The number of methoxy groups -OCH3 is 1. The second kappa shape index (κ2) is 9.25. The Bertz CT molecular complexity index is 545. The smallest absolute Gasteiger partial charge is 0.326 e. The Labute approximate surface area is 138 Å². The number of allylic oxidation sites excluding steroid dienone is 1. The molecule has 0 aliphatic carbocycles. The van der Waals surface area contributed by atoms with Crippen LogP contribution in [-0.4, -0.2) is 30.1 Å². The minimum Gasteiger partial charge on any atom is -0.496 e. The molecule has 0 aromatic heterocycles. The highest BCUT2D eigenvalue weighted by atomic mass is 79.9. The first-order valence-electron chi connectivity index (χ1n) is 6.93. The number of carbonyl (C=O) groups is 2. The van der Waals surface area contributed by atoms with Crippen molar-refractivity contribution in [2.24, 2.45) is 0 Å². The Morgan fingerprint density at radius 2 is 2.23 bits per heavy atom. The molecular weight excluding hydrogens is 350 g/mol. The second-order valence-electron chi connectivity index (χ2n) is 4.79. The second-order valence-corrected chi connectivity index (χ2v) is 5.65. The summed E-state index contributed by atoms with van der Waals surface area (Å²) in [5, 5.41) is 11.6. The first kappa shape index (κ1) is 18.2. The van der Waals surface area contributed by atoms with Gasteiger partial charge in [-0.2, -0.15) is 0 Å². The van der Waals surface area contributed by atoms with Gasteiger partial charge in [0.15, 0.2) is 0 Å². The monoisotopic (exact) mass is 369 g/mol. The molecule has 0 heterocycles. The Balaban J connectivity index is 2.52. The van der Waals surface area contributed by atoms with E-state index in [0.717, 1.165) is 15.8 Å². The molecular formula is C16H20BrNO4. The summed E-state index contributed by atoms with van der Waals surface area (Å²) in [5.74, 6) is -0.575. The van der Waals surface area contributed by atoms with Gasteiger partial charge in [0.25, 0.3) is 0 Å². The number of hydrogen-bond donors (Lipinski definition) is 2. The third-order valence-electron chi connectivity index (χ3n) is 3.15. The molecule has 0 aliphatic heterocycles. The number of carboxylic acids is 1. The van der Waals surface area contributed by atoms with Crippen LogP contribution in [0.4, 0.5) is 0 Å². The van der Waals surface area contributed by atoms with E-state index in [-0.39, 0.29) is 12.3 Å². The molecule has 1 unspecified atom stereocenters. The van der Waals surface area contributed by atoms with Crippen LogP contribution >= 0.6 is 15.9 Å². The van der Waals surface area contributed by atoms with Crippen molar-refractivity contribution >= 4 is 27.8 Å². The van der Waals surface area contributed by atoms with Crippen molar-refractivity contribution in [3.63, 3.8) is 0 Å². The Morgan fingerprint density at radius 3 is 2.77 bits per heavy atom. The van der Waals surface area contributed by atoms with Gasteiger partial charge in [-0.05, 0) is 52.9 Å². The molecule has 0 fully saturated rings. The Kier molecular flexibility index (Phi) is 7.66. The zero-order chi connectivity index (χ0) is 16.5. The highest BCUT2D eigenvalue weighted by molar-refractivity contribution is 9.10. The number of aliphatic carboxylic acids is 1. The van der Waals surface area contributed by atoms with Crippen LogP contribution in [0.25, 0.3) is 0 Å². The SMILES string of the molecule is C=CCCC(NC(=O)CCc1ccc(OC)c(Br)c1)C(=O)O. The number of rotatable bonds is 9. The van der Waals surface area contributed by atoms with Crippen LogP contribution in [0, 0.1) is 0 Å². The van der Waals surface area contributed by atoms with E-state index < -0.39 is 12.0 Å². The summed E-state index contributed by atoms with van der Waals surface area (Å²) in [5.41, 5.74) is 0.973. The summed E-state index contributed by atoms with van der Waals surface area (Å²) in [6, 6.07) is 4.72. The van der Waals surface area contributed by atoms with E-state index in [9.17, 15) is 9.59 Å². The van der Waals surface area contributed by atoms with Crippen LogP contribution < -0.4 is 10.1 Å². The van der Waals surface area contributed by atoms with Crippen LogP contribution in [0.15, 0.2) is 35.3 Å². The van der Waals surface area contributed by atoms with E-state index in [1.54, 1.807) is 13.2 Å². The molecule has 2 N–H and O–H groups in total. The molecule has 0 bridgehead atoms. The Morgan fingerprint density at radius 1 is 1.50 bits per heavy atom. The maximum absolute atomic E-state index is 11.9. The predicted molar refractivity (Wildman–Crippen MR) is 88.0 cm³/mol. The fourth-order valence-corrected chi connectivity index (χ4v) is 2.52. The number of ether oxygens (including phenoxy) is 1. The number of carboxylic acid groups (broad SMARTS) is 1. The summed E-state index contributed by atoms with van der Waals surface area (Å²) in [4.78, 5) is 22.9. The molecule has 1 aromatic carbocycles. The van der Waals surface area contributed by atoms with E-state index in [2.05, 4.69) is 27.8 Å². The van der Waals surface area contributed by atoms with Crippen molar-refractivity contribution in [2.75, 3.05) is 7.11 Å². The quantitative estimate of drug-likeness (QED) is 0.656. The summed E-state index contributed by atoms with van der Waals surface area (Å²) < 4.78 is 5.96. The summed E-state index contributed by atoms with van der Waals surface area (Å²) >= 11 is 3.39. The number of halogens is 1. The van der Waals surface area contributed by atoms with Crippen molar-refractivity contribution in [1.82, 2.24) is 5.32 Å². The van der Waals surface area contributed by atoms with Crippen molar-refractivity contribution in [3.05, 3.63) is 40.9 Å². The van der Waals surface area contributed by atoms with E-state index in [4.69, 9.17) is 9.84 Å². The van der Waals surface area contributed by atoms with Gasteiger partial charge in [0.2, 0.25) is 5.91 Å². The fraction of sp³-hybridized carbons (Fsp3) is 0.375. The molecule has 6 heteroatoms. The lowest BCUT2D eigenvalue weighted by atomic mass is 10.1. The molecule has 1 amide bonds. The van der Waals surface area contributed by atoms with Gasteiger partial charge in [0.1, 0.15) is 11.8 Å². The zero-order valence-electron chi connectivity index (χ0n) is 12.5. The third kappa shape index (κ3) is 5.89. The van der Waals surface area contributed by atoms with Gasteiger partial charge in [-0.3, -0.25) is 4.79 Å². The molecule has 0 aliphatic rings. The lowest BCUT2D eigenvalue weighted by Crippen LogP contribution is -2.40. The van der Waals surface area contributed by atoms with Crippen molar-refractivity contribution in [1.29, 1.82) is 0 Å². The van der Waals surface area contributed by atoms with Crippen molar-refractivity contribution in [3.8, 4) is 5.75 Å². The van der Waals surface area contributed by atoms with E-state index in [0.29, 0.717) is 19.3 Å². The van der Waals surface area contributed by atoms with Gasteiger partial charge >= 0.3 is 5.97 Å². The average Bonchev–Trinajstić information content (AvgIpc) is 2.49. The molecule has 0 saturated heterocycles. The van der Waals surface area contributed by atoms with Gasteiger partial charge in [-0.15, -0.1) is 6.58 Å². The maximum Gasteiger partial charge on any atom is 0.326 e. The van der Waals surface area contributed by atoms with E-state index in [1.165, 1.54) is 0 Å². The van der Waals surface area contributed by atoms with Gasteiger partial charge in [0, 0.05) is 6.42 Å². The number of aryl methyl sites for hydroxylation is 1. The maximum atomic E-state index is 11.9. The van der Waals surface area contributed by atoms with Crippen LogP contribution in [0.1, 0.15) is 24.8 Å². The zero-order valence-corrected chi connectivity index (χ0v) is 14.1. The average molecular weight is 370 g/mol. The Hall–Kier alpha value is -1.82. The number of benzene rings is 1. The van der Waals surface area contributed by atoms with Crippen LogP contribution in [0.2, 0.25) is 0 Å². The molecule has 120 valence electrons. The highest BCUT2D eigenvalue weighted by Gasteiger charge is 2.18. The lowest BCUT2D eigenvalue weighted by Gasteiger charge is -2.13. The largest absolute Gasteiger partial charge is 0.496 e. The first-order valence-corrected chi connectivity index (χ1v) is 7.72. The van der Waals surface area contributed by atoms with Gasteiger partial charge in [0.05, 0.1) is 11.6 Å². The minimum atomic E-state index is -1.03. The van der Waals surface area contributed by atoms with Crippen LogP contribution in [0.5, 0.6) is 5.75 Å². The first-order chi connectivity index (χ1) is 10.5. The van der Waals surface area contributed by atoms with Crippen molar-refractivity contribution in [2.45, 2.75) is 31.7 Å². The third-order valence-corrected chi connectivity index (χ3v) is 3.77. The van der Waals surface area contributed by atoms with Crippen molar-refractivity contribution < 1.29 is 19.4 Å². The van der Waals surface area contributed by atoms with Gasteiger partial charge < -0.3 is 15.2 Å². The summed E-state index contributed by atoms with van der Waals surface area (Å²) in [6.45, 7) is 3.55. The van der Waals surface area contributed by atoms with Crippen LogP contribution in [-0.2, 0) is 16.0 Å². The number of hydrogen-bond acceptors (Lipinski definition) is 3. The van der Waals surface area contributed by atoms with Gasteiger partial charge in [-0.25, -0.2) is 4.79 Å². The molecule has 0 radical (unpaired) electrons. The standard InChI is InChI=1S/C16H20BrNO4/c1-3-4-5-13(16(20)21)18-15(19)9-7-11-6-8-14(22-2)12(17)10-11/h3,6,8,10,13H,1,4-5,7,9H2,2H3,(H,18,19)(H,20,21). The molecule has 1 aromatic rings. The lowest BCUT2D eigenvalue weighted by molar-refractivity contribution is -0.142. The molecule has 1 atom stereocenters. The van der Waals surface area contributed by atoms with E-state index >= 15 is 0 Å². The normalized spacial score (nSPS) is 11.5. The molecule has 0 spiro atoms. The highest BCUT2D eigenvalue weighted by Crippen LogP contribution is 2.25. The van der Waals surface area contributed by atoms with Crippen LogP contribution in [0.3, 0.4) is 0 Å². The molecule has 0 saturated carbocycles. The van der Waals surface area contributed by atoms with E-state index in [1.807, 2.05) is 18.2 Å². The summed E-state index contributed by atoms with van der Waals surface area (Å²) in [7, 11) is 1.59. The minimum absolute atomic E-state index is 0.233. The number of carbonyl (C=O) groups excluding carboxylic acids is 1. The summed E-state index contributed by atoms with van der Waals surface area (Å²) in [6.07, 6.45) is 3.29. The number of nitrogens with one attached hydrogen (secondary N) is 1. The fourth-order valence-electron chi connectivity index (χ4n) is 1.93. The molecule has 5 nitrogen and oxygen atoms in total.